The van der Waals surface area contributed by atoms with Crippen LogP contribution in [-0.2, 0) is 0 Å². The highest BCUT2D eigenvalue weighted by Gasteiger charge is 2.44. The fourth-order valence-electron chi connectivity index (χ4n) is 4.26. The predicted molar refractivity (Wildman–Crippen MR) is 59.1 cm³/mol. The summed E-state index contributed by atoms with van der Waals surface area (Å²) in [6, 6.07) is 0. The molecule has 0 saturated heterocycles. The SMILES string of the molecule is CC1(C)CC(CO)CC2(CCCC2)C1. The number of hydrogen-bond acceptors (Lipinski definition) is 1. The summed E-state index contributed by atoms with van der Waals surface area (Å²) in [5, 5.41) is 9.37. The zero-order valence-corrected chi connectivity index (χ0v) is 9.68. The summed E-state index contributed by atoms with van der Waals surface area (Å²) in [6.45, 7) is 5.18. The highest BCUT2D eigenvalue weighted by molar-refractivity contribution is 4.96. The van der Waals surface area contributed by atoms with Crippen molar-refractivity contribution in [1.29, 1.82) is 0 Å². The second-order valence-electron chi connectivity index (χ2n) is 6.50. The average molecular weight is 196 g/mol. The molecule has 2 aliphatic rings. The smallest absolute Gasteiger partial charge is 0.0459 e. The van der Waals surface area contributed by atoms with E-state index in [2.05, 4.69) is 13.8 Å². The lowest BCUT2D eigenvalue weighted by Crippen LogP contribution is -2.37. The van der Waals surface area contributed by atoms with Crippen LogP contribution in [-0.4, -0.2) is 11.7 Å². The van der Waals surface area contributed by atoms with Gasteiger partial charge in [0.1, 0.15) is 0 Å². The molecule has 1 heteroatoms. The summed E-state index contributed by atoms with van der Waals surface area (Å²) in [7, 11) is 0. The van der Waals surface area contributed by atoms with Crippen LogP contribution in [0.5, 0.6) is 0 Å². The van der Waals surface area contributed by atoms with E-state index in [0.29, 0.717) is 23.4 Å². The van der Waals surface area contributed by atoms with Gasteiger partial charge in [-0.1, -0.05) is 26.7 Å². The molecular weight excluding hydrogens is 172 g/mol. The number of aliphatic hydroxyl groups is 1. The normalized spacial score (nSPS) is 34.9. The van der Waals surface area contributed by atoms with Crippen molar-refractivity contribution in [2.45, 2.75) is 58.8 Å². The van der Waals surface area contributed by atoms with Gasteiger partial charge in [-0.05, 0) is 48.9 Å². The number of aliphatic hydroxyl groups excluding tert-OH is 1. The molecule has 0 heterocycles. The summed E-state index contributed by atoms with van der Waals surface area (Å²) in [6.07, 6.45) is 9.62. The molecule has 1 atom stereocenters. The third-order valence-electron chi connectivity index (χ3n) is 4.34. The maximum atomic E-state index is 9.37. The molecular formula is C13H24O. The van der Waals surface area contributed by atoms with Crippen LogP contribution < -0.4 is 0 Å². The van der Waals surface area contributed by atoms with Crippen LogP contribution in [0, 0.1) is 16.7 Å². The first-order valence-corrected chi connectivity index (χ1v) is 6.16. The largest absolute Gasteiger partial charge is 0.396 e. The first kappa shape index (κ1) is 10.5. The van der Waals surface area contributed by atoms with Crippen molar-refractivity contribution in [3.05, 3.63) is 0 Å². The van der Waals surface area contributed by atoms with Gasteiger partial charge in [-0.25, -0.2) is 0 Å². The summed E-state index contributed by atoms with van der Waals surface area (Å²) < 4.78 is 0. The molecule has 1 nitrogen and oxygen atoms in total. The minimum atomic E-state index is 0.408. The second kappa shape index (κ2) is 3.52. The molecule has 1 unspecified atom stereocenters. The molecule has 0 amide bonds. The van der Waals surface area contributed by atoms with Crippen molar-refractivity contribution in [3.8, 4) is 0 Å². The van der Waals surface area contributed by atoms with Crippen LogP contribution in [0.4, 0.5) is 0 Å². The van der Waals surface area contributed by atoms with E-state index in [0.717, 1.165) is 0 Å². The molecule has 0 aromatic carbocycles. The minimum absolute atomic E-state index is 0.408. The van der Waals surface area contributed by atoms with E-state index in [4.69, 9.17) is 0 Å². The van der Waals surface area contributed by atoms with Gasteiger partial charge in [-0.3, -0.25) is 0 Å². The maximum Gasteiger partial charge on any atom is 0.0459 e. The molecule has 2 rings (SSSR count). The van der Waals surface area contributed by atoms with Gasteiger partial charge in [0.05, 0.1) is 0 Å². The van der Waals surface area contributed by atoms with E-state index in [1.165, 1.54) is 44.9 Å². The van der Waals surface area contributed by atoms with Crippen molar-refractivity contribution in [1.82, 2.24) is 0 Å². The highest BCUT2D eigenvalue weighted by atomic mass is 16.3. The van der Waals surface area contributed by atoms with E-state index in [9.17, 15) is 5.11 Å². The lowest BCUT2D eigenvalue weighted by molar-refractivity contribution is 0.0206. The van der Waals surface area contributed by atoms with Gasteiger partial charge >= 0.3 is 0 Å². The molecule has 2 fully saturated rings. The Morgan fingerprint density at radius 2 is 1.79 bits per heavy atom. The van der Waals surface area contributed by atoms with Crippen LogP contribution in [0.15, 0.2) is 0 Å². The Kier molecular flexibility index (Phi) is 2.63. The summed E-state index contributed by atoms with van der Waals surface area (Å²) in [5.41, 5.74) is 1.09. The summed E-state index contributed by atoms with van der Waals surface area (Å²) in [5.74, 6) is 0.580. The van der Waals surface area contributed by atoms with Crippen molar-refractivity contribution >= 4 is 0 Å². The Balaban J connectivity index is 2.11. The zero-order chi connectivity index (χ0) is 10.2. The monoisotopic (exact) mass is 196 g/mol. The quantitative estimate of drug-likeness (QED) is 0.681. The Labute approximate surface area is 87.9 Å². The van der Waals surface area contributed by atoms with Crippen molar-refractivity contribution in [2.24, 2.45) is 16.7 Å². The Hall–Kier alpha value is -0.0400. The molecule has 82 valence electrons. The third kappa shape index (κ3) is 1.98. The molecule has 2 aliphatic carbocycles. The molecule has 2 saturated carbocycles. The van der Waals surface area contributed by atoms with Gasteiger partial charge in [0.25, 0.3) is 0 Å². The molecule has 0 aliphatic heterocycles. The zero-order valence-electron chi connectivity index (χ0n) is 9.68. The minimum Gasteiger partial charge on any atom is -0.396 e. The first-order chi connectivity index (χ1) is 6.55. The lowest BCUT2D eigenvalue weighted by Gasteiger charge is -2.46. The van der Waals surface area contributed by atoms with E-state index in [1.54, 1.807) is 0 Å². The van der Waals surface area contributed by atoms with Gasteiger partial charge < -0.3 is 5.11 Å². The average Bonchev–Trinajstić information content (AvgIpc) is 2.49. The van der Waals surface area contributed by atoms with Crippen molar-refractivity contribution in [2.75, 3.05) is 6.61 Å². The van der Waals surface area contributed by atoms with Crippen molar-refractivity contribution in [3.63, 3.8) is 0 Å². The van der Waals surface area contributed by atoms with Crippen LogP contribution >= 0.6 is 0 Å². The Morgan fingerprint density at radius 1 is 1.14 bits per heavy atom. The topological polar surface area (TPSA) is 20.2 Å². The molecule has 1 N–H and O–H groups in total. The molecule has 1 spiro atoms. The van der Waals surface area contributed by atoms with Gasteiger partial charge in [0.15, 0.2) is 0 Å². The highest BCUT2D eigenvalue weighted by Crippen LogP contribution is 2.56. The first-order valence-electron chi connectivity index (χ1n) is 6.16. The van der Waals surface area contributed by atoms with Gasteiger partial charge in [0.2, 0.25) is 0 Å². The molecule has 0 aromatic heterocycles. The Bertz CT molecular complexity index is 201. The van der Waals surface area contributed by atoms with Gasteiger partial charge in [0, 0.05) is 6.61 Å². The van der Waals surface area contributed by atoms with Crippen LogP contribution in [0.1, 0.15) is 58.8 Å². The predicted octanol–water partition coefficient (Wildman–Crippen LogP) is 3.37. The molecule has 0 aromatic rings. The van der Waals surface area contributed by atoms with Crippen LogP contribution in [0.2, 0.25) is 0 Å². The standard InChI is InChI=1S/C13H24O/c1-12(2)7-11(9-14)8-13(10-12)5-3-4-6-13/h11,14H,3-10H2,1-2H3. The van der Waals surface area contributed by atoms with E-state index >= 15 is 0 Å². The van der Waals surface area contributed by atoms with Crippen LogP contribution in [0.25, 0.3) is 0 Å². The maximum absolute atomic E-state index is 9.37. The van der Waals surface area contributed by atoms with Crippen molar-refractivity contribution < 1.29 is 5.11 Å². The fourth-order valence-corrected chi connectivity index (χ4v) is 4.26. The van der Waals surface area contributed by atoms with Gasteiger partial charge in [-0.2, -0.15) is 0 Å². The molecule has 14 heavy (non-hydrogen) atoms. The summed E-state index contributed by atoms with van der Waals surface area (Å²) >= 11 is 0. The van der Waals surface area contributed by atoms with E-state index in [1.807, 2.05) is 0 Å². The Morgan fingerprint density at radius 3 is 2.36 bits per heavy atom. The lowest BCUT2D eigenvalue weighted by atomic mass is 9.59. The van der Waals surface area contributed by atoms with Gasteiger partial charge in [-0.15, -0.1) is 0 Å². The molecule has 0 bridgehead atoms. The fraction of sp³-hybridized carbons (Fsp3) is 1.00. The van der Waals surface area contributed by atoms with E-state index in [-0.39, 0.29) is 0 Å². The second-order valence-corrected chi connectivity index (χ2v) is 6.50. The number of rotatable bonds is 1. The number of hydrogen-bond donors (Lipinski definition) is 1. The van der Waals surface area contributed by atoms with E-state index < -0.39 is 0 Å². The summed E-state index contributed by atoms with van der Waals surface area (Å²) in [4.78, 5) is 0. The van der Waals surface area contributed by atoms with Crippen LogP contribution in [0.3, 0.4) is 0 Å². The third-order valence-corrected chi connectivity index (χ3v) is 4.34. The molecule has 0 radical (unpaired) electrons.